The van der Waals surface area contributed by atoms with Crippen LogP contribution in [0.5, 0.6) is 0 Å². The molecule has 2 rings (SSSR count). The van der Waals surface area contributed by atoms with Gasteiger partial charge in [0, 0.05) is 13.1 Å². The van der Waals surface area contributed by atoms with Crippen molar-refractivity contribution in [3.63, 3.8) is 0 Å². The summed E-state index contributed by atoms with van der Waals surface area (Å²) < 4.78 is 39.8. The van der Waals surface area contributed by atoms with E-state index in [4.69, 9.17) is 0 Å². The van der Waals surface area contributed by atoms with Crippen molar-refractivity contribution in [1.82, 2.24) is 4.90 Å². The number of halogens is 3. The predicted octanol–water partition coefficient (Wildman–Crippen LogP) is 2.73. The fourth-order valence-electron chi connectivity index (χ4n) is 1.98. The summed E-state index contributed by atoms with van der Waals surface area (Å²) in [4.78, 5) is 13.2. The summed E-state index contributed by atoms with van der Waals surface area (Å²) in [6, 6.07) is 1.45. The number of piperidine rings is 1. The van der Waals surface area contributed by atoms with Crippen molar-refractivity contribution in [2.24, 2.45) is 0 Å². The van der Waals surface area contributed by atoms with Gasteiger partial charge >= 0.3 is 0 Å². The van der Waals surface area contributed by atoms with E-state index >= 15 is 0 Å². The van der Waals surface area contributed by atoms with Crippen LogP contribution in [0.15, 0.2) is 12.1 Å². The van der Waals surface area contributed by atoms with Gasteiger partial charge in [-0.25, -0.2) is 13.2 Å². The first-order chi connectivity index (χ1) is 8.11. The lowest BCUT2D eigenvalue weighted by Gasteiger charge is -2.26. The largest absolute Gasteiger partial charge is 0.338 e. The number of nitrogens with zero attached hydrogens (tertiary/aromatic N) is 1. The number of carbonyl (C=O) groups excluding carboxylic acids is 1. The topological polar surface area (TPSA) is 20.3 Å². The molecule has 0 atom stereocenters. The number of rotatable bonds is 1. The minimum absolute atomic E-state index is 0.466. The van der Waals surface area contributed by atoms with Crippen molar-refractivity contribution in [2.75, 3.05) is 13.1 Å². The average molecular weight is 243 g/mol. The maximum absolute atomic E-state index is 13.4. The van der Waals surface area contributed by atoms with Gasteiger partial charge in [-0.3, -0.25) is 4.79 Å². The summed E-state index contributed by atoms with van der Waals surface area (Å²) in [7, 11) is 0. The molecule has 0 bridgehead atoms. The van der Waals surface area contributed by atoms with Crippen LogP contribution in [0.25, 0.3) is 0 Å². The van der Waals surface area contributed by atoms with Gasteiger partial charge in [0.2, 0.25) is 0 Å². The van der Waals surface area contributed by atoms with E-state index in [1.807, 2.05) is 0 Å². The highest BCUT2D eigenvalue weighted by Crippen LogP contribution is 2.20. The highest BCUT2D eigenvalue weighted by atomic mass is 19.2. The molecule has 1 saturated heterocycles. The molecule has 1 amide bonds. The summed E-state index contributed by atoms with van der Waals surface area (Å²) in [6.45, 7) is 0.933. The maximum atomic E-state index is 13.4. The molecule has 1 aliphatic rings. The number of hydrogen-bond acceptors (Lipinski definition) is 1. The Morgan fingerprint density at radius 3 is 2.24 bits per heavy atom. The molecule has 0 radical (unpaired) electrons. The fourth-order valence-corrected chi connectivity index (χ4v) is 1.98. The van der Waals surface area contributed by atoms with Crippen molar-refractivity contribution < 1.29 is 18.0 Å². The third-order valence-corrected chi connectivity index (χ3v) is 2.90. The first kappa shape index (κ1) is 12.0. The molecular weight excluding hydrogens is 231 g/mol. The van der Waals surface area contributed by atoms with E-state index in [0.717, 1.165) is 25.3 Å². The molecule has 17 heavy (non-hydrogen) atoms. The van der Waals surface area contributed by atoms with Gasteiger partial charge in [-0.1, -0.05) is 0 Å². The second-order valence-electron chi connectivity index (χ2n) is 4.07. The molecule has 1 aromatic rings. The third kappa shape index (κ3) is 2.28. The standard InChI is InChI=1S/C12H12F3NO/c13-8-4-5-9(14)11(15)10(8)12(17)16-6-2-1-3-7-16/h4-5H,1-3,6-7H2. The second kappa shape index (κ2) is 4.77. The number of carbonyl (C=O) groups is 1. The minimum Gasteiger partial charge on any atom is -0.338 e. The minimum atomic E-state index is -1.40. The summed E-state index contributed by atoms with van der Waals surface area (Å²) in [5.41, 5.74) is -0.785. The zero-order valence-electron chi connectivity index (χ0n) is 9.18. The van der Waals surface area contributed by atoms with Crippen molar-refractivity contribution in [1.29, 1.82) is 0 Å². The monoisotopic (exact) mass is 243 g/mol. The Kier molecular flexibility index (Phi) is 3.36. The van der Waals surface area contributed by atoms with Crippen LogP contribution in [0, 0.1) is 17.5 Å². The van der Waals surface area contributed by atoms with Gasteiger partial charge in [-0.2, -0.15) is 0 Å². The Hall–Kier alpha value is -1.52. The van der Waals surface area contributed by atoms with Crippen LogP contribution in [0.4, 0.5) is 13.2 Å². The van der Waals surface area contributed by atoms with E-state index < -0.39 is 28.9 Å². The number of likely N-dealkylation sites (tertiary alicyclic amines) is 1. The maximum Gasteiger partial charge on any atom is 0.259 e. The van der Waals surface area contributed by atoms with Crippen molar-refractivity contribution in [2.45, 2.75) is 19.3 Å². The molecule has 1 heterocycles. The molecule has 2 nitrogen and oxygen atoms in total. The van der Waals surface area contributed by atoms with Crippen LogP contribution in [0.3, 0.4) is 0 Å². The normalized spacial score (nSPS) is 16.1. The van der Waals surface area contributed by atoms with Gasteiger partial charge in [0.15, 0.2) is 11.6 Å². The summed E-state index contributed by atoms with van der Waals surface area (Å²) in [6.07, 6.45) is 2.62. The lowest BCUT2D eigenvalue weighted by atomic mass is 10.1. The van der Waals surface area contributed by atoms with E-state index in [-0.39, 0.29) is 0 Å². The molecule has 0 spiro atoms. The molecule has 1 aliphatic heterocycles. The van der Waals surface area contributed by atoms with E-state index in [0.29, 0.717) is 19.2 Å². The summed E-state index contributed by atoms with van der Waals surface area (Å²) in [5.74, 6) is -4.38. The van der Waals surface area contributed by atoms with Crippen LogP contribution in [-0.2, 0) is 0 Å². The average Bonchev–Trinajstić information content (AvgIpc) is 2.35. The molecule has 92 valence electrons. The highest BCUT2D eigenvalue weighted by Gasteiger charge is 2.26. The Morgan fingerprint density at radius 1 is 1.00 bits per heavy atom. The Balaban J connectivity index is 2.32. The van der Waals surface area contributed by atoms with E-state index in [9.17, 15) is 18.0 Å². The van der Waals surface area contributed by atoms with E-state index in [1.165, 1.54) is 4.90 Å². The van der Waals surface area contributed by atoms with Crippen LogP contribution in [0.1, 0.15) is 29.6 Å². The van der Waals surface area contributed by atoms with E-state index in [1.54, 1.807) is 0 Å². The van der Waals surface area contributed by atoms with Gasteiger partial charge in [0.25, 0.3) is 5.91 Å². The molecule has 1 fully saturated rings. The SMILES string of the molecule is O=C(c1c(F)ccc(F)c1F)N1CCCCC1. The van der Waals surface area contributed by atoms with Gasteiger partial charge < -0.3 is 4.90 Å². The lowest BCUT2D eigenvalue weighted by Crippen LogP contribution is -2.36. The quantitative estimate of drug-likeness (QED) is 0.694. The molecule has 5 heteroatoms. The second-order valence-corrected chi connectivity index (χ2v) is 4.07. The van der Waals surface area contributed by atoms with Crippen molar-refractivity contribution >= 4 is 5.91 Å². The van der Waals surface area contributed by atoms with Crippen LogP contribution in [0.2, 0.25) is 0 Å². The van der Waals surface area contributed by atoms with E-state index in [2.05, 4.69) is 0 Å². The van der Waals surface area contributed by atoms with Crippen LogP contribution >= 0.6 is 0 Å². The molecule has 0 aliphatic carbocycles. The molecular formula is C12H12F3NO. The first-order valence-corrected chi connectivity index (χ1v) is 5.54. The number of amides is 1. The Labute approximate surface area is 97.0 Å². The van der Waals surface area contributed by atoms with Gasteiger partial charge in [0.05, 0.1) is 0 Å². The number of hydrogen-bond donors (Lipinski definition) is 0. The van der Waals surface area contributed by atoms with Crippen LogP contribution < -0.4 is 0 Å². The lowest BCUT2D eigenvalue weighted by molar-refractivity contribution is 0.0713. The van der Waals surface area contributed by atoms with Gasteiger partial charge in [-0.15, -0.1) is 0 Å². The molecule has 0 saturated carbocycles. The third-order valence-electron chi connectivity index (χ3n) is 2.90. The van der Waals surface area contributed by atoms with Crippen molar-refractivity contribution in [3.8, 4) is 0 Å². The van der Waals surface area contributed by atoms with Gasteiger partial charge in [0.1, 0.15) is 11.4 Å². The zero-order valence-corrected chi connectivity index (χ0v) is 9.18. The molecule has 0 N–H and O–H groups in total. The predicted molar refractivity (Wildman–Crippen MR) is 56.1 cm³/mol. The fraction of sp³-hybridized carbons (Fsp3) is 0.417. The molecule has 1 aromatic carbocycles. The first-order valence-electron chi connectivity index (χ1n) is 5.54. The van der Waals surface area contributed by atoms with Gasteiger partial charge in [-0.05, 0) is 31.4 Å². The number of benzene rings is 1. The highest BCUT2D eigenvalue weighted by molar-refractivity contribution is 5.94. The summed E-state index contributed by atoms with van der Waals surface area (Å²) in [5, 5.41) is 0. The van der Waals surface area contributed by atoms with Crippen LogP contribution in [-0.4, -0.2) is 23.9 Å². The smallest absolute Gasteiger partial charge is 0.259 e. The summed E-state index contributed by atoms with van der Waals surface area (Å²) >= 11 is 0. The molecule has 0 unspecified atom stereocenters. The van der Waals surface area contributed by atoms with Crippen molar-refractivity contribution in [3.05, 3.63) is 35.1 Å². The zero-order chi connectivity index (χ0) is 12.4. The Bertz CT molecular complexity index is 442. The Morgan fingerprint density at radius 2 is 1.59 bits per heavy atom. The molecule has 0 aromatic heterocycles.